The highest BCUT2D eigenvalue weighted by atomic mass is 16.5. The van der Waals surface area contributed by atoms with Crippen LogP contribution in [0, 0.1) is 0 Å². The Kier molecular flexibility index (Phi) is 4.68. The lowest BCUT2D eigenvalue weighted by atomic mass is 10.1. The van der Waals surface area contributed by atoms with Crippen LogP contribution in [0.4, 0.5) is 0 Å². The molecule has 5 nitrogen and oxygen atoms in total. The summed E-state index contributed by atoms with van der Waals surface area (Å²) in [6, 6.07) is 10.3. The molecule has 0 atom stereocenters. The molecule has 3 N–H and O–H groups in total. The molecule has 0 spiro atoms. The van der Waals surface area contributed by atoms with Gasteiger partial charge in [0.2, 0.25) is 0 Å². The van der Waals surface area contributed by atoms with Crippen molar-refractivity contribution in [2.24, 2.45) is 5.73 Å². The summed E-state index contributed by atoms with van der Waals surface area (Å²) in [7, 11) is 0. The van der Waals surface area contributed by atoms with Crippen molar-refractivity contribution in [3.05, 3.63) is 59.4 Å². The molecule has 0 bridgehead atoms. The third kappa shape index (κ3) is 3.80. The fourth-order valence-electron chi connectivity index (χ4n) is 1.70. The van der Waals surface area contributed by atoms with E-state index in [4.69, 9.17) is 15.6 Å². The van der Waals surface area contributed by atoms with Gasteiger partial charge in [-0.05, 0) is 36.4 Å². The van der Waals surface area contributed by atoms with Crippen LogP contribution >= 0.6 is 0 Å². The Hall–Kier alpha value is -2.40. The lowest BCUT2D eigenvalue weighted by Crippen LogP contribution is -2.04. The number of rotatable bonds is 6. The van der Waals surface area contributed by atoms with Gasteiger partial charge in [0.15, 0.2) is 0 Å². The number of carboxylic acids is 1. The number of benzene rings is 1. The Bertz CT molecular complexity index is 565. The number of ether oxygens (including phenoxy) is 1. The SMILES string of the molecule is NCCc1ccc(OCc2ccc(C(=O)O)cc2)cn1. The van der Waals surface area contributed by atoms with Gasteiger partial charge in [-0.1, -0.05) is 12.1 Å². The fourth-order valence-corrected chi connectivity index (χ4v) is 1.70. The van der Waals surface area contributed by atoms with E-state index in [9.17, 15) is 4.79 Å². The van der Waals surface area contributed by atoms with Crippen LogP contribution in [-0.4, -0.2) is 22.6 Å². The average molecular weight is 272 g/mol. The van der Waals surface area contributed by atoms with E-state index in [1.807, 2.05) is 12.1 Å². The number of hydrogen-bond acceptors (Lipinski definition) is 4. The number of aromatic nitrogens is 1. The van der Waals surface area contributed by atoms with E-state index in [-0.39, 0.29) is 5.56 Å². The zero-order valence-electron chi connectivity index (χ0n) is 11.0. The van der Waals surface area contributed by atoms with E-state index in [1.54, 1.807) is 30.5 Å². The molecule has 20 heavy (non-hydrogen) atoms. The minimum atomic E-state index is -0.933. The number of nitrogens with zero attached hydrogens (tertiary/aromatic N) is 1. The minimum absolute atomic E-state index is 0.265. The summed E-state index contributed by atoms with van der Waals surface area (Å²) in [5, 5.41) is 8.80. The quantitative estimate of drug-likeness (QED) is 0.838. The normalized spacial score (nSPS) is 10.2. The first-order valence-corrected chi connectivity index (χ1v) is 6.29. The van der Waals surface area contributed by atoms with E-state index in [0.717, 1.165) is 17.7 Å². The maximum Gasteiger partial charge on any atom is 0.335 e. The van der Waals surface area contributed by atoms with Crippen molar-refractivity contribution >= 4 is 5.97 Å². The van der Waals surface area contributed by atoms with Gasteiger partial charge >= 0.3 is 5.97 Å². The first-order chi connectivity index (χ1) is 9.69. The predicted octanol–water partition coefficient (Wildman–Crippen LogP) is 1.86. The van der Waals surface area contributed by atoms with Crippen molar-refractivity contribution in [1.29, 1.82) is 0 Å². The number of carbonyl (C=O) groups is 1. The van der Waals surface area contributed by atoms with Gasteiger partial charge in [0.25, 0.3) is 0 Å². The number of pyridine rings is 1. The zero-order chi connectivity index (χ0) is 14.4. The molecule has 2 aromatic rings. The average Bonchev–Trinajstić information content (AvgIpc) is 2.47. The molecule has 1 aromatic carbocycles. The highest BCUT2D eigenvalue weighted by Crippen LogP contribution is 2.12. The molecule has 2 rings (SSSR count). The molecule has 5 heteroatoms. The fraction of sp³-hybridized carbons (Fsp3) is 0.200. The van der Waals surface area contributed by atoms with Gasteiger partial charge in [0, 0.05) is 12.1 Å². The van der Waals surface area contributed by atoms with E-state index in [2.05, 4.69) is 4.98 Å². The first-order valence-electron chi connectivity index (χ1n) is 6.29. The highest BCUT2D eigenvalue weighted by Gasteiger charge is 2.02. The first kappa shape index (κ1) is 14.0. The van der Waals surface area contributed by atoms with Gasteiger partial charge in [0.1, 0.15) is 12.4 Å². The zero-order valence-corrected chi connectivity index (χ0v) is 11.0. The summed E-state index contributed by atoms with van der Waals surface area (Å²) in [5.74, 6) is -0.259. The van der Waals surface area contributed by atoms with Gasteiger partial charge in [-0.15, -0.1) is 0 Å². The van der Waals surface area contributed by atoms with Gasteiger partial charge < -0.3 is 15.6 Å². The van der Waals surface area contributed by atoms with Gasteiger partial charge in [0.05, 0.1) is 11.8 Å². The number of hydrogen-bond donors (Lipinski definition) is 2. The van der Waals surface area contributed by atoms with E-state index in [1.165, 1.54) is 0 Å². The number of carboxylic acid groups (broad SMARTS) is 1. The summed E-state index contributed by atoms with van der Waals surface area (Å²) in [4.78, 5) is 15.0. The molecule has 0 saturated heterocycles. The summed E-state index contributed by atoms with van der Waals surface area (Å²) < 4.78 is 5.58. The molecule has 0 amide bonds. The molecule has 0 fully saturated rings. The van der Waals surface area contributed by atoms with Crippen molar-refractivity contribution in [2.75, 3.05) is 6.54 Å². The largest absolute Gasteiger partial charge is 0.487 e. The predicted molar refractivity (Wildman–Crippen MR) is 74.7 cm³/mol. The van der Waals surface area contributed by atoms with Gasteiger partial charge in [-0.2, -0.15) is 0 Å². The van der Waals surface area contributed by atoms with Crippen molar-refractivity contribution in [3.63, 3.8) is 0 Å². The van der Waals surface area contributed by atoms with Crippen LogP contribution < -0.4 is 10.5 Å². The summed E-state index contributed by atoms with van der Waals surface area (Å²) in [5.41, 5.74) is 7.56. The second-order valence-corrected chi connectivity index (χ2v) is 4.31. The third-order valence-electron chi connectivity index (χ3n) is 2.80. The second kappa shape index (κ2) is 6.68. The molecule has 1 heterocycles. The Morgan fingerprint density at radius 1 is 1.20 bits per heavy atom. The highest BCUT2D eigenvalue weighted by molar-refractivity contribution is 5.87. The van der Waals surface area contributed by atoms with E-state index >= 15 is 0 Å². The maximum atomic E-state index is 10.7. The Labute approximate surface area is 117 Å². The molecule has 0 aliphatic rings. The molecule has 0 unspecified atom stereocenters. The van der Waals surface area contributed by atoms with E-state index < -0.39 is 5.97 Å². The van der Waals surface area contributed by atoms with Crippen molar-refractivity contribution in [1.82, 2.24) is 4.98 Å². The van der Waals surface area contributed by atoms with Crippen molar-refractivity contribution in [3.8, 4) is 5.75 Å². The van der Waals surface area contributed by atoms with Crippen LogP contribution in [0.3, 0.4) is 0 Å². The molecule has 0 radical (unpaired) electrons. The van der Waals surface area contributed by atoms with Crippen LogP contribution in [0.25, 0.3) is 0 Å². The van der Waals surface area contributed by atoms with Gasteiger partial charge in [-0.3, -0.25) is 4.98 Å². The van der Waals surface area contributed by atoms with Crippen LogP contribution in [0.5, 0.6) is 5.75 Å². The van der Waals surface area contributed by atoms with Crippen LogP contribution in [-0.2, 0) is 13.0 Å². The standard InChI is InChI=1S/C15H16N2O3/c16-8-7-13-5-6-14(9-17-13)20-10-11-1-3-12(4-2-11)15(18)19/h1-6,9H,7-8,10,16H2,(H,18,19). The summed E-state index contributed by atoms with van der Waals surface area (Å²) in [6.45, 7) is 0.945. The smallest absolute Gasteiger partial charge is 0.335 e. The summed E-state index contributed by atoms with van der Waals surface area (Å²) >= 11 is 0. The lowest BCUT2D eigenvalue weighted by Gasteiger charge is -2.07. The minimum Gasteiger partial charge on any atom is -0.487 e. The van der Waals surface area contributed by atoms with Crippen LogP contribution in [0.1, 0.15) is 21.6 Å². The third-order valence-corrected chi connectivity index (χ3v) is 2.80. The van der Waals surface area contributed by atoms with Crippen LogP contribution in [0.15, 0.2) is 42.6 Å². The molecular formula is C15H16N2O3. The molecule has 0 aliphatic heterocycles. The Morgan fingerprint density at radius 3 is 2.50 bits per heavy atom. The second-order valence-electron chi connectivity index (χ2n) is 4.31. The topological polar surface area (TPSA) is 85.4 Å². The number of nitrogens with two attached hydrogens (primary N) is 1. The summed E-state index contributed by atoms with van der Waals surface area (Å²) in [6.07, 6.45) is 2.41. The molecule has 104 valence electrons. The molecular weight excluding hydrogens is 256 g/mol. The molecule has 0 saturated carbocycles. The monoisotopic (exact) mass is 272 g/mol. The molecule has 0 aliphatic carbocycles. The van der Waals surface area contributed by atoms with Gasteiger partial charge in [-0.25, -0.2) is 4.79 Å². The van der Waals surface area contributed by atoms with Crippen LogP contribution in [0.2, 0.25) is 0 Å². The lowest BCUT2D eigenvalue weighted by molar-refractivity contribution is 0.0697. The number of aromatic carboxylic acids is 1. The van der Waals surface area contributed by atoms with Crippen molar-refractivity contribution in [2.45, 2.75) is 13.0 Å². The Morgan fingerprint density at radius 2 is 1.95 bits per heavy atom. The maximum absolute atomic E-state index is 10.7. The van der Waals surface area contributed by atoms with Crippen molar-refractivity contribution < 1.29 is 14.6 Å². The Balaban J connectivity index is 1.92. The molecule has 1 aromatic heterocycles. The van der Waals surface area contributed by atoms with E-state index in [0.29, 0.717) is 18.9 Å².